The van der Waals surface area contributed by atoms with Crippen LogP contribution in [0.4, 0.5) is 17.6 Å². The van der Waals surface area contributed by atoms with Gasteiger partial charge in [0, 0.05) is 5.56 Å². The van der Waals surface area contributed by atoms with E-state index in [1.54, 1.807) is 0 Å². The third-order valence-electron chi connectivity index (χ3n) is 1.76. The second-order valence-corrected chi connectivity index (χ2v) is 3.92. The number of halogens is 5. The highest BCUT2D eigenvalue weighted by Gasteiger charge is 2.37. The molecule has 0 bridgehead atoms. The van der Waals surface area contributed by atoms with Crippen LogP contribution in [0.3, 0.4) is 0 Å². The molecular formula is C9H5F4IO. The highest BCUT2D eigenvalue weighted by Crippen LogP contribution is 2.36. The van der Waals surface area contributed by atoms with Gasteiger partial charge in [-0.2, -0.15) is 13.2 Å². The summed E-state index contributed by atoms with van der Waals surface area (Å²) in [7, 11) is 0. The Balaban J connectivity index is 3.57. The van der Waals surface area contributed by atoms with E-state index in [0.29, 0.717) is 0 Å². The highest BCUT2D eigenvalue weighted by atomic mass is 127. The first-order valence-electron chi connectivity index (χ1n) is 3.81. The molecule has 0 atom stereocenters. The normalized spacial score (nSPS) is 11.6. The Kier molecular flexibility index (Phi) is 3.37. The zero-order chi connectivity index (χ0) is 11.8. The van der Waals surface area contributed by atoms with Gasteiger partial charge in [-0.3, -0.25) is 4.79 Å². The molecule has 0 fully saturated rings. The summed E-state index contributed by atoms with van der Waals surface area (Å²) in [5.74, 6) is -1.71. The molecule has 0 unspecified atom stereocenters. The van der Waals surface area contributed by atoms with Crippen LogP contribution in [0.2, 0.25) is 0 Å². The van der Waals surface area contributed by atoms with Gasteiger partial charge in [0.05, 0.1) is 9.13 Å². The first-order valence-corrected chi connectivity index (χ1v) is 4.89. The first kappa shape index (κ1) is 12.4. The summed E-state index contributed by atoms with van der Waals surface area (Å²) in [5.41, 5.74) is -1.70. The molecule has 1 aromatic rings. The number of rotatable bonds is 1. The topological polar surface area (TPSA) is 17.1 Å². The molecule has 0 aliphatic carbocycles. The molecule has 1 nitrogen and oxygen atoms in total. The van der Waals surface area contributed by atoms with Crippen molar-refractivity contribution in [2.45, 2.75) is 13.1 Å². The Bertz CT molecular complexity index is 411. The molecular weight excluding hydrogens is 327 g/mol. The fourth-order valence-electron chi connectivity index (χ4n) is 1.12. The fourth-order valence-corrected chi connectivity index (χ4v) is 1.90. The number of benzene rings is 1. The Morgan fingerprint density at radius 1 is 1.33 bits per heavy atom. The molecule has 0 saturated heterocycles. The predicted molar refractivity (Wildman–Crippen MR) is 54.1 cm³/mol. The molecule has 0 aliphatic heterocycles. The molecule has 0 spiro atoms. The molecule has 0 heterocycles. The predicted octanol–water partition coefficient (Wildman–Crippen LogP) is 3.65. The second kappa shape index (κ2) is 4.07. The number of hydrogen-bond donors (Lipinski definition) is 0. The number of Topliss-reactive ketones (excluding diaryl/α,β-unsaturated/α-hetero) is 1. The van der Waals surface area contributed by atoms with Crippen LogP contribution in [0.15, 0.2) is 12.1 Å². The number of alkyl halides is 3. The largest absolute Gasteiger partial charge is 0.418 e. The van der Waals surface area contributed by atoms with Crippen LogP contribution >= 0.6 is 22.6 Å². The minimum atomic E-state index is -4.72. The van der Waals surface area contributed by atoms with Crippen molar-refractivity contribution in [1.29, 1.82) is 0 Å². The molecule has 1 rings (SSSR count). The highest BCUT2D eigenvalue weighted by molar-refractivity contribution is 14.1. The van der Waals surface area contributed by atoms with Crippen molar-refractivity contribution in [3.63, 3.8) is 0 Å². The molecule has 1 aromatic carbocycles. The summed E-state index contributed by atoms with van der Waals surface area (Å²) in [4.78, 5) is 11.0. The molecule has 6 heteroatoms. The van der Waals surface area contributed by atoms with Gasteiger partial charge in [0.25, 0.3) is 0 Å². The molecule has 0 radical (unpaired) electrons. The van der Waals surface area contributed by atoms with Gasteiger partial charge in [-0.15, -0.1) is 0 Å². The Hall–Kier alpha value is -0.660. The smallest absolute Gasteiger partial charge is 0.294 e. The average molecular weight is 332 g/mol. The second-order valence-electron chi connectivity index (χ2n) is 2.84. The van der Waals surface area contributed by atoms with E-state index < -0.39 is 32.5 Å². The minimum Gasteiger partial charge on any atom is -0.294 e. The van der Waals surface area contributed by atoms with Gasteiger partial charge in [0.1, 0.15) is 5.82 Å². The van der Waals surface area contributed by atoms with Crippen molar-refractivity contribution in [2.75, 3.05) is 0 Å². The van der Waals surface area contributed by atoms with E-state index in [9.17, 15) is 22.4 Å². The van der Waals surface area contributed by atoms with Crippen molar-refractivity contribution in [1.82, 2.24) is 0 Å². The van der Waals surface area contributed by atoms with Crippen molar-refractivity contribution in [3.8, 4) is 0 Å². The Morgan fingerprint density at radius 3 is 2.27 bits per heavy atom. The van der Waals surface area contributed by atoms with Crippen LogP contribution in [0.25, 0.3) is 0 Å². The number of carbonyl (C=O) groups excluding carboxylic acids is 1. The van der Waals surface area contributed by atoms with Gasteiger partial charge in [0.15, 0.2) is 5.78 Å². The summed E-state index contributed by atoms with van der Waals surface area (Å²) in [6.45, 7) is 1.01. The number of ketones is 1. The van der Waals surface area contributed by atoms with Crippen LogP contribution in [0, 0.1) is 9.39 Å². The third kappa shape index (κ3) is 2.47. The van der Waals surface area contributed by atoms with Crippen LogP contribution in [-0.4, -0.2) is 5.78 Å². The van der Waals surface area contributed by atoms with E-state index in [1.165, 1.54) is 22.6 Å². The lowest BCUT2D eigenvalue weighted by molar-refractivity contribution is -0.138. The van der Waals surface area contributed by atoms with Gasteiger partial charge in [-0.1, -0.05) is 0 Å². The van der Waals surface area contributed by atoms with Crippen LogP contribution < -0.4 is 0 Å². The first-order chi connectivity index (χ1) is 6.75. The maximum Gasteiger partial charge on any atom is 0.418 e. The summed E-state index contributed by atoms with van der Waals surface area (Å²) >= 11 is 1.24. The lowest BCUT2D eigenvalue weighted by Crippen LogP contribution is -2.15. The molecule has 0 saturated carbocycles. The average Bonchev–Trinajstić information content (AvgIpc) is 2.06. The van der Waals surface area contributed by atoms with Gasteiger partial charge < -0.3 is 0 Å². The zero-order valence-electron chi connectivity index (χ0n) is 7.45. The zero-order valence-corrected chi connectivity index (χ0v) is 9.61. The van der Waals surface area contributed by atoms with E-state index >= 15 is 0 Å². The van der Waals surface area contributed by atoms with Crippen molar-refractivity contribution < 1.29 is 22.4 Å². The molecule has 0 aromatic heterocycles. The van der Waals surface area contributed by atoms with Crippen LogP contribution in [0.5, 0.6) is 0 Å². The standard InChI is InChI=1S/C9H5F4IO/c1-4(15)5-2-3-6(10)8(14)7(5)9(11,12)13/h2-3H,1H3. The van der Waals surface area contributed by atoms with Crippen molar-refractivity contribution in [2.24, 2.45) is 0 Å². The molecule has 0 N–H and O–H groups in total. The molecule has 82 valence electrons. The molecule has 0 aliphatic rings. The summed E-state index contributed by atoms with van der Waals surface area (Å²) in [6, 6.07) is 1.70. The van der Waals surface area contributed by atoms with Crippen LogP contribution in [0.1, 0.15) is 22.8 Å². The van der Waals surface area contributed by atoms with E-state index in [2.05, 4.69) is 0 Å². The quantitative estimate of drug-likeness (QED) is 0.436. The minimum absolute atomic E-state index is 0.506. The van der Waals surface area contributed by atoms with Gasteiger partial charge >= 0.3 is 6.18 Å². The lowest BCUT2D eigenvalue weighted by atomic mass is 10.0. The lowest BCUT2D eigenvalue weighted by Gasteiger charge is -2.13. The molecule has 15 heavy (non-hydrogen) atoms. The summed E-state index contributed by atoms with van der Waals surface area (Å²) in [6.07, 6.45) is -4.72. The Labute approximate surface area is 96.6 Å². The summed E-state index contributed by atoms with van der Waals surface area (Å²) in [5, 5.41) is 0. The SMILES string of the molecule is CC(=O)c1ccc(F)c(I)c1C(F)(F)F. The van der Waals surface area contributed by atoms with Crippen molar-refractivity contribution in [3.05, 3.63) is 32.6 Å². The summed E-state index contributed by atoms with van der Waals surface area (Å²) < 4.78 is 49.9. The maximum atomic E-state index is 12.9. The Morgan fingerprint density at radius 2 is 1.87 bits per heavy atom. The van der Waals surface area contributed by atoms with Crippen molar-refractivity contribution >= 4 is 28.4 Å². The number of carbonyl (C=O) groups is 1. The molecule has 0 amide bonds. The van der Waals surface area contributed by atoms with E-state index in [-0.39, 0.29) is 0 Å². The monoisotopic (exact) mass is 332 g/mol. The van der Waals surface area contributed by atoms with E-state index in [1.807, 2.05) is 0 Å². The fraction of sp³-hybridized carbons (Fsp3) is 0.222. The maximum absolute atomic E-state index is 12.9. The van der Waals surface area contributed by atoms with E-state index in [4.69, 9.17) is 0 Å². The number of hydrogen-bond acceptors (Lipinski definition) is 1. The van der Waals surface area contributed by atoms with Gasteiger partial charge in [-0.25, -0.2) is 4.39 Å². The van der Waals surface area contributed by atoms with Gasteiger partial charge in [0.2, 0.25) is 0 Å². The van der Waals surface area contributed by atoms with Crippen LogP contribution in [-0.2, 0) is 6.18 Å². The van der Waals surface area contributed by atoms with Gasteiger partial charge in [-0.05, 0) is 41.6 Å². The van der Waals surface area contributed by atoms with E-state index in [0.717, 1.165) is 19.1 Å². The third-order valence-corrected chi connectivity index (χ3v) is 2.81.